The lowest BCUT2D eigenvalue weighted by atomic mass is 10.1. The summed E-state index contributed by atoms with van der Waals surface area (Å²) in [5.74, 6) is 0.420. The fraction of sp³-hybridized carbons (Fsp3) is 0.174. The summed E-state index contributed by atoms with van der Waals surface area (Å²) >= 11 is 6.33. The van der Waals surface area contributed by atoms with Gasteiger partial charge in [-0.25, -0.2) is 4.98 Å². The van der Waals surface area contributed by atoms with Crippen LogP contribution >= 0.6 is 18.7 Å². The van der Waals surface area contributed by atoms with Crippen LogP contribution in [0.15, 0.2) is 61.3 Å². The molecule has 2 aromatic carbocycles. The fourth-order valence-corrected chi connectivity index (χ4v) is 4.38. The van der Waals surface area contributed by atoms with Gasteiger partial charge in [0.15, 0.2) is 5.82 Å². The number of anilines is 5. The Labute approximate surface area is 192 Å². The largest absolute Gasteiger partial charge is 0.338 e. The number of para-hydroxylation sites is 1. The Morgan fingerprint density at radius 3 is 2.59 bits per heavy atom. The molecule has 1 heterocycles. The summed E-state index contributed by atoms with van der Waals surface area (Å²) in [4.78, 5) is 20.4. The Balaban J connectivity index is 1.92. The third kappa shape index (κ3) is 5.75. The normalized spacial score (nSPS) is 11.0. The van der Waals surface area contributed by atoms with E-state index in [9.17, 15) is 9.36 Å². The van der Waals surface area contributed by atoms with Gasteiger partial charge in [0, 0.05) is 16.7 Å². The average molecular weight is 470 g/mol. The van der Waals surface area contributed by atoms with Gasteiger partial charge in [0.05, 0.1) is 11.9 Å². The quantitative estimate of drug-likeness (QED) is 0.295. The summed E-state index contributed by atoms with van der Waals surface area (Å²) in [5.41, 5.74) is 3.08. The van der Waals surface area contributed by atoms with E-state index in [1.165, 1.54) is 12.3 Å². The van der Waals surface area contributed by atoms with Crippen LogP contribution in [0.1, 0.15) is 12.5 Å². The first kappa shape index (κ1) is 23.5. The van der Waals surface area contributed by atoms with E-state index in [2.05, 4.69) is 32.5 Å². The van der Waals surface area contributed by atoms with Gasteiger partial charge in [-0.05, 0) is 55.7 Å². The first-order valence-electron chi connectivity index (χ1n) is 9.98. The van der Waals surface area contributed by atoms with Crippen molar-refractivity contribution in [1.82, 2.24) is 9.97 Å². The molecule has 7 nitrogen and oxygen atoms in total. The zero-order chi connectivity index (χ0) is 23.3. The number of carbonyl (C=O) groups is 1. The van der Waals surface area contributed by atoms with Gasteiger partial charge in [0.25, 0.3) is 0 Å². The van der Waals surface area contributed by atoms with Crippen molar-refractivity contribution in [3.63, 3.8) is 0 Å². The molecule has 0 aliphatic rings. The number of carbonyl (C=O) groups excluding carboxylic acids is 1. The molecule has 0 aliphatic carbocycles. The van der Waals surface area contributed by atoms with E-state index in [1.807, 2.05) is 49.4 Å². The number of halogens is 1. The molecule has 3 aromatic rings. The fourth-order valence-electron chi connectivity index (χ4n) is 3.08. The van der Waals surface area contributed by atoms with E-state index in [4.69, 9.17) is 11.6 Å². The molecular formula is C23H25ClN5O2P. The van der Waals surface area contributed by atoms with E-state index in [-0.39, 0.29) is 5.91 Å². The highest BCUT2D eigenvalue weighted by Crippen LogP contribution is 2.38. The van der Waals surface area contributed by atoms with Gasteiger partial charge in [-0.15, -0.1) is 0 Å². The smallest absolute Gasteiger partial charge is 0.247 e. The van der Waals surface area contributed by atoms with Gasteiger partial charge >= 0.3 is 0 Å². The summed E-state index contributed by atoms with van der Waals surface area (Å²) in [6.07, 6.45) is 3.48. The SMILES string of the molecule is C=CC(=O)Nc1ccc(CC)c(Nc2ncc(Cl)c(Nc3ccccc3P(C)(C)=O)n2)c1. The van der Waals surface area contributed by atoms with E-state index in [1.54, 1.807) is 13.3 Å². The summed E-state index contributed by atoms with van der Waals surface area (Å²) in [5, 5.41) is 10.2. The monoisotopic (exact) mass is 469 g/mol. The van der Waals surface area contributed by atoms with E-state index < -0.39 is 7.14 Å². The van der Waals surface area contributed by atoms with Crippen LogP contribution in [0.25, 0.3) is 0 Å². The standard InChI is InChI=1S/C23H25ClN5O2P/c1-5-15-11-12-16(26-21(30)6-2)13-19(15)28-23-25-14-17(24)22(29-23)27-18-9-7-8-10-20(18)32(3,4)31/h6-14H,2,5H2,1,3-4H3,(H,26,30)(H2,25,27,28,29). The van der Waals surface area contributed by atoms with Crippen LogP contribution in [0.3, 0.4) is 0 Å². The zero-order valence-corrected chi connectivity index (χ0v) is 19.8. The molecule has 0 bridgehead atoms. The van der Waals surface area contributed by atoms with Gasteiger partial charge in [-0.3, -0.25) is 4.79 Å². The Morgan fingerprint density at radius 2 is 1.91 bits per heavy atom. The Morgan fingerprint density at radius 1 is 1.16 bits per heavy atom. The second kappa shape index (κ2) is 9.98. The Bertz CT molecular complexity index is 1210. The van der Waals surface area contributed by atoms with Crippen LogP contribution in [0.4, 0.5) is 28.8 Å². The van der Waals surface area contributed by atoms with E-state index in [0.29, 0.717) is 33.5 Å². The maximum Gasteiger partial charge on any atom is 0.247 e. The lowest BCUT2D eigenvalue weighted by Crippen LogP contribution is -2.11. The van der Waals surface area contributed by atoms with Crippen LogP contribution in [0, 0.1) is 0 Å². The Kier molecular flexibility index (Phi) is 7.33. The van der Waals surface area contributed by atoms with Crippen LogP contribution in [-0.4, -0.2) is 29.2 Å². The lowest BCUT2D eigenvalue weighted by Gasteiger charge is -2.16. The number of hydrogen-bond acceptors (Lipinski definition) is 6. The highest BCUT2D eigenvalue weighted by Gasteiger charge is 2.17. The van der Waals surface area contributed by atoms with Crippen LogP contribution in [0.5, 0.6) is 0 Å². The van der Waals surface area contributed by atoms with Crippen molar-refractivity contribution in [3.05, 3.63) is 71.9 Å². The molecule has 1 aromatic heterocycles. The van der Waals surface area contributed by atoms with E-state index in [0.717, 1.165) is 17.7 Å². The lowest BCUT2D eigenvalue weighted by molar-refractivity contribution is -0.111. The molecule has 0 radical (unpaired) electrons. The molecule has 3 N–H and O–H groups in total. The second-order valence-electron chi connectivity index (χ2n) is 7.43. The number of aryl methyl sites for hydroxylation is 1. The number of nitrogens with one attached hydrogen (secondary N) is 3. The summed E-state index contributed by atoms with van der Waals surface area (Å²) in [6, 6.07) is 12.9. The van der Waals surface area contributed by atoms with Crippen molar-refractivity contribution in [2.75, 3.05) is 29.3 Å². The van der Waals surface area contributed by atoms with Crippen LogP contribution < -0.4 is 21.3 Å². The van der Waals surface area contributed by atoms with Gasteiger partial charge in [-0.1, -0.05) is 43.3 Å². The minimum absolute atomic E-state index is 0.294. The molecule has 9 heteroatoms. The van der Waals surface area contributed by atoms with Crippen LogP contribution in [-0.2, 0) is 15.8 Å². The predicted octanol–water partition coefficient (Wildman–Crippen LogP) is 5.55. The molecule has 0 unspecified atom stereocenters. The van der Waals surface area contributed by atoms with Crippen molar-refractivity contribution >= 4 is 58.8 Å². The number of benzene rings is 2. The molecule has 3 rings (SSSR count). The molecule has 0 spiro atoms. The summed E-state index contributed by atoms with van der Waals surface area (Å²) < 4.78 is 12.7. The van der Waals surface area contributed by atoms with Crippen molar-refractivity contribution in [3.8, 4) is 0 Å². The topological polar surface area (TPSA) is 96.0 Å². The van der Waals surface area contributed by atoms with Gasteiger partial charge in [-0.2, -0.15) is 4.98 Å². The maximum absolute atomic E-state index is 12.7. The second-order valence-corrected chi connectivity index (χ2v) is 11.0. The molecular weight excluding hydrogens is 445 g/mol. The third-order valence-corrected chi connectivity index (χ3v) is 6.50. The molecule has 0 aliphatic heterocycles. The highest BCUT2D eigenvalue weighted by atomic mass is 35.5. The van der Waals surface area contributed by atoms with Gasteiger partial charge < -0.3 is 20.5 Å². The third-order valence-electron chi connectivity index (χ3n) is 4.67. The highest BCUT2D eigenvalue weighted by molar-refractivity contribution is 7.70. The molecule has 32 heavy (non-hydrogen) atoms. The zero-order valence-electron chi connectivity index (χ0n) is 18.1. The minimum atomic E-state index is -2.51. The predicted molar refractivity (Wildman–Crippen MR) is 134 cm³/mol. The minimum Gasteiger partial charge on any atom is -0.338 e. The number of rotatable bonds is 8. The number of nitrogens with zero attached hydrogens (tertiary/aromatic N) is 2. The summed E-state index contributed by atoms with van der Waals surface area (Å²) in [6.45, 7) is 8.93. The average Bonchev–Trinajstić information content (AvgIpc) is 2.76. The van der Waals surface area contributed by atoms with Gasteiger partial charge in [0.1, 0.15) is 12.2 Å². The molecule has 0 atom stereocenters. The van der Waals surface area contributed by atoms with Crippen molar-refractivity contribution in [2.45, 2.75) is 13.3 Å². The molecule has 0 saturated carbocycles. The first-order valence-corrected chi connectivity index (χ1v) is 13.0. The molecule has 0 saturated heterocycles. The molecule has 166 valence electrons. The maximum atomic E-state index is 12.7. The van der Waals surface area contributed by atoms with E-state index >= 15 is 0 Å². The first-order chi connectivity index (χ1) is 15.2. The number of aromatic nitrogens is 2. The Hall–Kier alpha value is -3.15. The summed E-state index contributed by atoms with van der Waals surface area (Å²) in [7, 11) is -2.51. The van der Waals surface area contributed by atoms with Crippen molar-refractivity contribution in [1.29, 1.82) is 0 Å². The molecule has 0 fully saturated rings. The van der Waals surface area contributed by atoms with Crippen molar-refractivity contribution < 1.29 is 9.36 Å². The van der Waals surface area contributed by atoms with Crippen LogP contribution in [0.2, 0.25) is 5.02 Å². The number of amides is 1. The van der Waals surface area contributed by atoms with Crippen molar-refractivity contribution in [2.24, 2.45) is 0 Å². The van der Waals surface area contributed by atoms with Gasteiger partial charge in [0.2, 0.25) is 11.9 Å². The number of hydrogen-bond donors (Lipinski definition) is 3. The molecule has 1 amide bonds.